The predicted molar refractivity (Wildman–Crippen MR) is 81.8 cm³/mol. The van der Waals surface area contributed by atoms with E-state index in [1.165, 1.54) is 30.4 Å². The molecule has 3 heteroatoms. The van der Waals surface area contributed by atoms with Gasteiger partial charge in [0.25, 0.3) is 0 Å². The van der Waals surface area contributed by atoms with E-state index in [9.17, 15) is 4.79 Å². The van der Waals surface area contributed by atoms with Gasteiger partial charge < -0.3 is 10.6 Å². The molecule has 3 saturated carbocycles. The Morgan fingerprint density at radius 3 is 2.76 bits per heavy atom. The molecule has 3 nitrogen and oxygen atoms in total. The molecule has 0 radical (unpaired) electrons. The van der Waals surface area contributed by atoms with Crippen LogP contribution in [0.1, 0.15) is 30.4 Å². The standard InChI is InChI=1S/C18H22N2O/c21-18(17-15-11-1-2-12(7-11)16(15)17)20-14-4-3-10-5-6-19-9-13(10)8-14/h3-4,8,11-12,15-17,19H,1-2,5-7,9H2,(H,20,21). The molecule has 3 aliphatic carbocycles. The number of carbonyl (C=O) groups excluding carboxylic acids is 1. The van der Waals surface area contributed by atoms with E-state index >= 15 is 0 Å². The van der Waals surface area contributed by atoms with Crippen LogP contribution < -0.4 is 10.6 Å². The van der Waals surface area contributed by atoms with Crippen molar-refractivity contribution in [3.8, 4) is 0 Å². The summed E-state index contributed by atoms with van der Waals surface area (Å²) in [4.78, 5) is 12.5. The Hall–Kier alpha value is -1.35. The van der Waals surface area contributed by atoms with Crippen LogP contribution in [0.15, 0.2) is 18.2 Å². The molecule has 4 aliphatic rings. The molecule has 0 saturated heterocycles. The molecule has 110 valence electrons. The van der Waals surface area contributed by atoms with Gasteiger partial charge in [-0.15, -0.1) is 0 Å². The van der Waals surface area contributed by atoms with Gasteiger partial charge in [-0.25, -0.2) is 0 Å². The number of anilines is 1. The van der Waals surface area contributed by atoms with E-state index in [2.05, 4.69) is 28.8 Å². The first-order valence-corrected chi connectivity index (χ1v) is 8.44. The summed E-state index contributed by atoms with van der Waals surface area (Å²) in [5, 5.41) is 6.58. The number of hydrogen-bond acceptors (Lipinski definition) is 2. The lowest BCUT2D eigenvalue weighted by Crippen LogP contribution is -2.24. The van der Waals surface area contributed by atoms with Gasteiger partial charge in [-0.2, -0.15) is 0 Å². The second-order valence-corrected chi connectivity index (χ2v) is 7.41. The van der Waals surface area contributed by atoms with Crippen molar-refractivity contribution in [2.45, 2.75) is 32.2 Å². The molecule has 4 unspecified atom stereocenters. The lowest BCUT2D eigenvalue weighted by molar-refractivity contribution is -0.118. The number of nitrogens with one attached hydrogen (secondary N) is 2. The highest BCUT2D eigenvalue weighted by Gasteiger charge is 2.67. The Kier molecular flexibility index (Phi) is 2.52. The Morgan fingerprint density at radius 2 is 1.95 bits per heavy atom. The Labute approximate surface area is 125 Å². The highest BCUT2D eigenvalue weighted by Crippen LogP contribution is 2.69. The zero-order chi connectivity index (χ0) is 14.0. The third-order valence-corrected chi connectivity index (χ3v) is 6.40. The minimum absolute atomic E-state index is 0.283. The fourth-order valence-electron chi connectivity index (χ4n) is 5.46. The van der Waals surface area contributed by atoms with Crippen molar-refractivity contribution in [1.82, 2.24) is 5.32 Å². The molecule has 1 heterocycles. The van der Waals surface area contributed by atoms with Gasteiger partial charge in [-0.05, 0) is 79.2 Å². The summed E-state index contributed by atoms with van der Waals surface area (Å²) in [5.74, 6) is 3.79. The van der Waals surface area contributed by atoms with E-state index in [4.69, 9.17) is 0 Å². The van der Waals surface area contributed by atoms with Crippen molar-refractivity contribution in [3.63, 3.8) is 0 Å². The fourth-order valence-corrected chi connectivity index (χ4v) is 5.46. The van der Waals surface area contributed by atoms with Crippen molar-refractivity contribution in [2.75, 3.05) is 11.9 Å². The maximum atomic E-state index is 12.5. The van der Waals surface area contributed by atoms with Crippen molar-refractivity contribution in [1.29, 1.82) is 0 Å². The van der Waals surface area contributed by atoms with Crippen LogP contribution in [0.4, 0.5) is 5.69 Å². The third-order valence-electron chi connectivity index (χ3n) is 6.40. The zero-order valence-corrected chi connectivity index (χ0v) is 12.3. The van der Waals surface area contributed by atoms with Gasteiger partial charge in [0, 0.05) is 18.2 Å². The maximum absolute atomic E-state index is 12.5. The van der Waals surface area contributed by atoms with E-state index in [0.29, 0.717) is 5.92 Å². The molecular formula is C18H22N2O. The summed E-state index contributed by atoms with van der Waals surface area (Å²) in [5.41, 5.74) is 3.75. The molecule has 1 amide bonds. The summed E-state index contributed by atoms with van der Waals surface area (Å²) < 4.78 is 0. The van der Waals surface area contributed by atoms with Crippen molar-refractivity contribution in [2.24, 2.45) is 29.6 Å². The zero-order valence-electron chi connectivity index (χ0n) is 12.3. The normalized spacial score (nSPS) is 38.8. The predicted octanol–water partition coefficient (Wildman–Crippen LogP) is 2.56. The fraction of sp³-hybridized carbons (Fsp3) is 0.611. The number of carbonyl (C=O) groups is 1. The average molecular weight is 282 g/mol. The SMILES string of the molecule is O=C(Nc1ccc2c(c1)CNCC2)C1C2C3CCC(C3)C12. The molecule has 1 aromatic rings. The van der Waals surface area contributed by atoms with Crippen molar-refractivity contribution < 1.29 is 4.79 Å². The Balaban J connectivity index is 1.31. The molecular weight excluding hydrogens is 260 g/mol. The first-order chi connectivity index (χ1) is 10.3. The van der Waals surface area contributed by atoms with Crippen LogP contribution in [0.5, 0.6) is 0 Å². The van der Waals surface area contributed by atoms with E-state index in [1.54, 1.807) is 0 Å². The van der Waals surface area contributed by atoms with Gasteiger partial charge in [0.1, 0.15) is 0 Å². The molecule has 5 rings (SSSR count). The van der Waals surface area contributed by atoms with Crippen LogP contribution in [0, 0.1) is 29.6 Å². The first kappa shape index (κ1) is 12.2. The van der Waals surface area contributed by atoms with Crippen LogP contribution in [0.3, 0.4) is 0 Å². The molecule has 0 aromatic heterocycles. The van der Waals surface area contributed by atoms with Gasteiger partial charge in [0.2, 0.25) is 5.91 Å². The average Bonchev–Trinajstić information content (AvgIpc) is 2.96. The summed E-state index contributed by atoms with van der Waals surface area (Å²) >= 11 is 0. The number of hydrogen-bond donors (Lipinski definition) is 2. The number of benzene rings is 1. The van der Waals surface area contributed by atoms with Gasteiger partial charge in [-0.1, -0.05) is 6.07 Å². The van der Waals surface area contributed by atoms with Crippen LogP contribution in [0.2, 0.25) is 0 Å². The number of rotatable bonds is 2. The molecule has 2 N–H and O–H groups in total. The van der Waals surface area contributed by atoms with Gasteiger partial charge in [0.15, 0.2) is 0 Å². The highest BCUT2D eigenvalue weighted by molar-refractivity contribution is 5.95. The highest BCUT2D eigenvalue weighted by atomic mass is 16.2. The van der Waals surface area contributed by atoms with Crippen LogP contribution >= 0.6 is 0 Å². The van der Waals surface area contributed by atoms with Crippen LogP contribution in [-0.2, 0) is 17.8 Å². The largest absolute Gasteiger partial charge is 0.326 e. The molecule has 1 aromatic carbocycles. The second kappa shape index (κ2) is 4.33. The summed E-state index contributed by atoms with van der Waals surface area (Å²) in [7, 11) is 0. The van der Waals surface area contributed by atoms with Crippen LogP contribution in [-0.4, -0.2) is 12.5 Å². The minimum atomic E-state index is 0.283. The minimum Gasteiger partial charge on any atom is -0.326 e. The lowest BCUT2D eigenvalue weighted by atomic mass is 10.00. The molecule has 3 fully saturated rings. The molecule has 4 atom stereocenters. The third kappa shape index (κ3) is 1.80. The van der Waals surface area contributed by atoms with Crippen molar-refractivity contribution in [3.05, 3.63) is 29.3 Å². The first-order valence-electron chi connectivity index (χ1n) is 8.44. The number of amides is 1. The summed E-state index contributed by atoms with van der Waals surface area (Å²) in [6.07, 6.45) is 5.25. The lowest BCUT2D eigenvalue weighted by Gasteiger charge is -2.18. The van der Waals surface area contributed by atoms with E-state index in [0.717, 1.165) is 48.9 Å². The molecule has 21 heavy (non-hydrogen) atoms. The second-order valence-electron chi connectivity index (χ2n) is 7.41. The quantitative estimate of drug-likeness (QED) is 0.875. The smallest absolute Gasteiger partial charge is 0.228 e. The molecule has 0 spiro atoms. The molecule has 2 bridgehead atoms. The molecule has 1 aliphatic heterocycles. The van der Waals surface area contributed by atoms with E-state index in [1.807, 2.05) is 0 Å². The Bertz CT molecular complexity index is 595. The van der Waals surface area contributed by atoms with Crippen LogP contribution in [0.25, 0.3) is 0 Å². The number of fused-ring (bicyclic) bond motifs is 6. The van der Waals surface area contributed by atoms with Crippen molar-refractivity contribution >= 4 is 11.6 Å². The Morgan fingerprint density at radius 1 is 1.14 bits per heavy atom. The van der Waals surface area contributed by atoms with E-state index in [-0.39, 0.29) is 5.91 Å². The monoisotopic (exact) mass is 282 g/mol. The summed E-state index contributed by atoms with van der Waals surface area (Å²) in [6, 6.07) is 6.42. The van der Waals surface area contributed by atoms with E-state index < -0.39 is 0 Å². The maximum Gasteiger partial charge on any atom is 0.228 e. The van der Waals surface area contributed by atoms with Gasteiger partial charge in [0.05, 0.1) is 0 Å². The van der Waals surface area contributed by atoms with Gasteiger partial charge in [-0.3, -0.25) is 4.79 Å². The summed E-state index contributed by atoms with van der Waals surface area (Å²) in [6.45, 7) is 1.99. The topological polar surface area (TPSA) is 41.1 Å². The van der Waals surface area contributed by atoms with Gasteiger partial charge >= 0.3 is 0 Å².